The molecule has 0 fully saturated rings. The lowest BCUT2D eigenvalue weighted by Crippen LogP contribution is -2.43. The Labute approximate surface area is 132 Å². The van der Waals surface area contributed by atoms with Crippen LogP contribution in [0.25, 0.3) is 0 Å². The van der Waals surface area contributed by atoms with Crippen molar-refractivity contribution in [3.05, 3.63) is 23.8 Å². The minimum Gasteiger partial charge on any atom is -0.493 e. The third kappa shape index (κ3) is 5.10. The third-order valence-electron chi connectivity index (χ3n) is 3.28. The van der Waals surface area contributed by atoms with E-state index in [1.54, 1.807) is 21.1 Å². The van der Waals surface area contributed by atoms with Gasteiger partial charge in [-0.15, -0.1) is 12.4 Å². The first-order valence-electron chi connectivity index (χ1n) is 6.57. The molecule has 3 N–H and O–H groups in total. The number of hydrogen-bond acceptors (Lipinski definition) is 4. The molecule has 6 heteroatoms. The summed E-state index contributed by atoms with van der Waals surface area (Å²) in [5.74, 6) is 1.21. The van der Waals surface area contributed by atoms with Gasteiger partial charge in [-0.25, -0.2) is 0 Å². The van der Waals surface area contributed by atoms with Gasteiger partial charge in [-0.2, -0.15) is 0 Å². The van der Waals surface area contributed by atoms with Gasteiger partial charge in [-0.1, -0.05) is 19.9 Å². The van der Waals surface area contributed by atoms with Crippen molar-refractivity contribution in [3.63, 3.8) is 0 Å². The molecule has 0 aromatic heterocycles. The maximum absolute atomic E-state index is 11.6. The number of amides is 1. The lowest BCUT2D eigenvalue weighted by molar-refractivity contribution is -0.122. The first kappa shape index (κ1) is 19.5. The minimum atomic E-state index is -0.504. The van der Waals surface area contributed by atoms with Crippen LogP contribution >= 0.6 is 12.4 Å². The van der Waals surface area contributed by atoms with Crippen LogP contribution in [0.2, 0.25) is 0 Å². The van der Waals surface area contributed by atoms with E-state index in [0.717, 1.165) is 5.56 Å². The number of nitrogens with one attached hydrogen (secondary N) is 1. The summed E-state index contributed by atoms with van der Waals surface area (Å²) in [6.07, 6.45) is 0. The van der Waals surface area contributed by atoms with E-state index in [2.05, 4.69) is 19.2 Å². The van der Waals surface area contributed by atoms with Gasteiger partial charge in [-0.3, -0.25) is 4.79 Å². The molecule has 21 heavy (non-hydrogen) atoms. The number of carbonyl (C=O) groups is 1. The largest absolute Gasteiger partial charge is 0.493 e. The van der Waals surface area contributed by atoms with E-state index >= 15 is 0 Å². The van der Waals surface area contributed by atoms with Crippen LogP contribution in [0.3, 0.4) is 0 Å². The molecule has 0 aliphatic carbocycles. The van der Waals surface area contributed by atoms with Crippen molar-refractivity contribution < 1.29 is 14.3 Å². The lowest BCUT2D eigenvalue weighted by Gasteiger charge is -2.27. The highest BCUT2D eigenvalue weighted by Crippen LogP contribution is 2.32. The molecule has 0 unspecified atom stereocenters. The number of benzene rings is 1. The summed E-state index contributed by atoms with van der Waals surface area (Å²) >= 11 is 0. The van der Waals surface area contributed by atoms with Crippen molar-refractivity contribution in [2.45, 2.75) is 32.2 Å². The van der Waals surface area contributed by atoms with E-state index in [9.17, 15) is 4.79 Å². The van der Waals surface area contributed by atoms with Gasteiger partial charge >= 0.3 is 0 Å². The van der Waals surface area contributed by atoms with Gasteiger partial charge in [0.05, 0.1) is 20.3 Å². The molecule has 0 bridgehead atoms. The molecule has 0 heterocycles. The summed E-state index contributed by atoms with van der Waals surface area (Å²) < 4.78 is 10.5. The van der Waals surface area contributed by atoms with Crippen molar-refractivity contribution in [1.82, 2.24) is 5.32 Å². The van der Waals surface area contributed by atoms with Crippen LogP contribution in [-0.4, -0.2) is 32.7 Å². The van der Waals surface area contributed by atoms with E-state index in [1.165, 1.54) is 0 Å². The van der Waals surface area contributed by atoms with E-state index < -0.39 is 6.04 Å². The summed E-state index contributed by atoms with van der Waals surface area (Å²) in [7, 11) is 3.21. The van der Waals surface area contributed by atoms with Crippen LogP contribution in [-0.2, 0) is 10.2 Å². The van der Waals surface area contributed by atoms with Crippen LogP contribution in [0.15, 0.2) is 18.2 Å². The molecular formula is C15H25ClN2O3. The van der Waals surface area contributed by atoms with Gasteiger partial charge in [0.1, 0.15) is 0 Å². The quantitative estimate of drug-likeness (QED) is 0.840. The topological polar surface area (TPSA) is 73.6 Å². The van der Waals surface area contributed by atoms with Crippen LogP contribution in [0.4, 0.5) is 0 Å². The Bertz CT molecular complexity index is 476. The zero-order valence-electron chi connectivity index (χ0n) is 13.2. The standard InChI is InChI=1S/C15H24N2O3.ClH/c1-10(16)14(18)17-9-15(2,3)11-6-7-12(19-4)13(8-11)20-5;/h6-8,10H,9,16H2,1-5H3,(H,17,18);1H/t10-;/m1./s1. The normalized spacial score (nSPS) is 12.1. The highest BCUT2D eigenvalue weighted by atomic mass is 35.5. The number of carbonyl (C=O) groups excluding carboxylic acids is 1. The molecule has 0 saturated heterocycles. The summed E-state index contributed by atoms with van der Waals surface area (Å²) in [4.78, 5) is 11.6. The maximum Gasteiger partial charge on any atom is 0.236 e. The molecule has 120 valence electrons. The van der Waals surface area contributed by atoms with Crippen molar-refractivity contribution in [3.8, 4) is 11.5 Å². The van der Waals surface area contributed by atoms with Gasteiger partial charge in [0.2, 0.25) is 5.91 Å². The van der Waals surface area contributed by atoms with Crippen molar-refractivity contribution in [2.24, 2.45) is 5.73 Å². The molecule has 0 spiro atoms. The molecule has 1 amide bonds. The molecule has 0 radical (unpaired) electrons. The van der Waals surface area contributed by atoms with E-state index in [-0.39, 0.29) is 23.7 Å². The lowest BCUT2D eigenvalue weighted by atomic mass is 9.84. The summed E-state index contributed by atoms with van der Waals surface area (Å²) in [5, 5.41) is 2.85. The Morgan fingerprint density at radius 3 is 2.33 bits per heavy atom. The van der Waals surface area contributed by atoms with Gasteiger partial charge in [0.15, 0.2) is 11.5 Å². The Kier molecular flexibility index (Phi) is 7.53. The Morgan fingerprint density at radius 2 is 1.86 bits per heavy atom. The average molecular weight is 317 g/mol. The number of methoxy groups -OCH3 is 2. The molecule has 1 rings (SSSR count). The molecule has 0 saturated carbocycles. The average Bonchev–Trinajstić information content (AvgIpc) is 2.43. The van der Waals surface area contributed by atoms with Crippen LogP contribution in [0.1, 0.15) is 26.3 Å². The van der Waals surface area contributed by atoms with Crippen molar-refractivity contribution in [2.75, 3.05) is 20.8 Å². The van der Waals surface area contributed by atoms with E-state index in [1.807, 2.05) is 18.2 Å². The monoisotopic (exact) mass is 316 g/mol. The summed E-state index contributed by atoms with van der Waals surface area (Å²) in [6.45, 7) is 6.27. The fourth-order valence-electron chi connectivity index (χ4n) is 1.83. The second-order valence-corrected chi connectivity index (χ2v) is 5.46. The number of hydrogen-bond donors (Lipinski definition) is 2. The predicted octanol–water partition coefficient (Wildman–Crippen LogP) is 1.87. The highest BCUT2D eigenvalue weighted by Gasteiger charge is 2.23. The fraction of sp³-hybridized carbons (Fsp3) is 0.533. The van der Waals surface area contributed by atoms with E-state index in [4.69, 9.17) is 15.2 Å². The number of halogens is 1. The van der Waals surface area contributed by atoms with Gasteiger partial charge < -0.3 is 20.5 Å². The van der Waals surface area contributed by atoms with Gasteiger partial charge in [0, 0.05) is 12.0 Å². The number of rotatable bonds is 6. The predicted molar refractivity (Wildman–Crippen MR) is 86.5 cm³/mol. The molecule has 0 aliphatic rings. The number of nitrogens with two attached hydrogens (primary N) is 1. The van der Waals surface area contributed by atoms with Crippen molar-refractivity contribution >= 4 is 18.3 Å². The molecule has 1 atom stereocenters. The van der Waals surface area contributed by atoms with Crippen molar-refractivity contribution in [1.29, 1.82) is 0 Å². The second-order valence-electron chi connectivity index (χ2n) is 5.46. The van der Waals surface area contributed by atoms with Gasteiger partial charge in [0.25, 0.3) is 0 Å². The molecule has 0 aliphatic heterocycles. The molecule has 1 aromatic rings. The van der Waals surface area contributed by atoms with Crippen LogP contribution in [0, 0.1) is 0 Å². The Hall–Kier alpha value is -1.46. The van der Waals surface area contributed by atoms with E-state index in [0.29, 0.717) is 18.0 Å². The fourth-order valence-corrected chi connectivity index (χ4v) is 1.83. The minimum absolute atomic E-state index is 0. The molecular weight excluding hydrogens is 292 g/mol. The second kappa shape index (κ2) is 8.10. The summed E-state index contributed by atoms with van der Waals surface area (Å²) in [5.41, 5.74) is 6.36. The number of ether oxygens (including phenoxy) is 2. The first-order chi connectivity index (χ1) is 9.31. The maximum atomic E-state index is 11.6. The first-order valence-corrected chi connectivity index (χ1v) is 6.57. The third-order valence-corrected chi connectivity index (χ3v) is 3.28. The van der Waals surface area contributed by atoms with Gasteiger partial charge in [-0.05, 0) is 24.6 Å². The Morgan fingerprint density at radius 1 is 1.29 bits per heavy atom. The summed E-state index contributed by atoms with van der Waals surface area (Å²) in [6, 6.07) is 5.26. The smallest absolute Gasteiger partial charge is 0.236 e. The SMILES string of the molecule is COc1ccc(C(C)(C)CNC(=O)[C@@H](C)N)cc1OC.Cl. The zero-order valence-corrected chi connectivity index (χ0v) is 14.0. The molecule has 5 nitrogen and oxygen atoms in total. The van der Waals surface area contributed by atoms with Crippen LogP contribution in [0.5, 0.6) is 11.5 Å². The van der Waals surface area contributed by atoms with Crippen LogP contribution < -0.4 is 20.5 Å². The highest BCUT2D eigenvalue weighted by molar-refractivity contribution is 5.85. The molecule has 1 aromatic carbocycles. The zero-order chi connectivity index (χ0) is 15.3. The Balaban J connectivity index is 0.00000400.